The van der Waals surface area contributed by atoms with Crippen molar-refractivity contribution in [2.45, 2.75) is 45.0 Å². The van der Waals surface area contributed by atoms with E-state index in [0.29, 0.717) is 23.1 Å². The summed E-state index contributed by atoms with van der Waals surface area (Å²) >= 11 is 0. The summed E-state index contributed by atoms with van der Waals surface area (Å²) in [6.07, 6.45) is -7.50. The van der Waals surface area contributed by atoms with E-state index in [1.165, 1.54) is 17.2 Å². The van der Waals surface area contributed by atoms with Crippen LogP contribution in [-0.4, -0.2) is 28.0 Å². The Bertz CT molecular complexity index is 1250. The molecule has 1 N–H and O–H groups in total. The van der Waals surface area contributed by atoms with E-state index in [-0.39, 0.29) is 49.2 Å². The first-order valence-electron chi connectivity index (χ1n) is 11.1. The third kappa shape index (κ3) is 5.36. The number of fused-ring (bicyclic) bond motifs is 1. The molecule has 0 aliphatic carbocycles. The number of nitrogens with zero attached hydrogens (tertiary/aromatic N) is 4. The van der Waals surface area contributed by atoms with Gasteiger partial charge in [0.2, 0.25) is 0 Å². The first kappa shape index (κ1) is 25.6. The predicted octanol–water partition coefficient (Wildman–Crippen LogP) is 6.52. The quantitative estimate of drug-likeness (QED) is 0.403. The number of aromatic nitrogens is 3. The zero-order chi connectivity index (χ0) is 26.3. The molecule has 1 aliphatic heterocycles. The molecular weight excluding hydrogens is 491 g/mol. The highest BCUT2D eigenvalue weighted by molar-refractivity contribution is 5.62. The summed E-state index contributed by atoms with van der Waals surface area (Å²) < 4.78 is 94.0. The van der Waals surface area contributed by atoms with Crippen molar-refractivity contribution in [3.05, 3.63) is 70.6 Å². The van der Waals surface area contributed by atoms with Crippen molar-refractivity contribution in [3.63, 3.8) is 0 Å². The molecule has 0 saturated carbocycles. The van der Waals surface area contributed by atoms with Gasteiger partial charge in [0.05, 0.1) is 22.5 Å². The van der Waals surface area contributed by atoms with Gasteiger partial charge in [-0.15, -0.1) is 0 Å². The molecule has 3 aromatic rings. The van der Waals surface area contributed by atoms with Gasteiger partial charge in [0, 0.05) is 37.2 Å². The average Bonchev–Trinajstić information content (AvgIpc) is 3.02. The zero-order valence-electron chi connectivity index (χ0n) is 19.3. The van der Waals surface area contributed by atoms with Gasteiger partial charge < -0.3 is 10.2 Å². The third-order valence-electron chi connectivity index (χ3n) is 5.82. The van der Waals surface area contributed by atoms with Crippen molar-refractivity contribution in [2.24, 2.45) is 0 Å². The molecule has 5 nitrogen and oxygen atoms in total. The van der Waals surface area contributed by atoms with Crippen LogP contribution in [0.2, 0.25) is 0 Å². The molecule has 1 aromatic carbocycles. The number of anilines is 3. The van der Waals surface area contributed by atoms with E-state index in [1.54, 1.807) is 0 Å². The Balaban J connectivity index is 1.69. The summed E-state index contributed by atoms with van der Waals surface area (Å²) in [6.45, 7) is 4.05. The Morgan fingerprint density at radius 3 is 2.31 bits per heavy atom. The van der Waals surface area contributed by atoms with Gasteiger partial charge in [-0.05, 0) is 36.8 Å². The normalized spacial score (nSPS) is 14.6. The maximum Gasteiger partial charge on any atom is 0.419 e. The van der Waals surface area contributed by atoms with Crippen molar-refractivity contribution in [2.75, 3.05) is 23.3 Å². The molecule has 12 heteroatoms. The standard InChI is InChI=1S/C24H22F7N5/c1-13(2)20-33-18-8-11-36(22-16(24(29,30)31)4-3-9-32-22)10-7-15(18)21(35-20)34-19-6-5-14(12-17(19)25)23(26,27)28/h3-6,9,12-13H,7-8,10-11H2,1-2H3,(H,33,34,35). The van der Waals surface area contributed by atoms with Crippen molar-refractivity contribution in [3.8, 4) is 0 Å². The maximum absolute atomic E-state index is 14.5. The Morgan fingerprint density at radius 1 is 0.944 bits per heavy atom. The molecule has 36 heavy (non-hydrogen) atoms. The van der Waals surface area contributed by atoms with Gasteiger partial charge in [-0.2, -0.15) is 26.3 Å². The zero-order valence-corrected chi connectivity index (χ0v) is 19.3. The Hall–Kier alpha value is -3.44. The minimum Gasteiger partial charge on any atom is -0.355 e. The van der Waals surface area contributed by atoms with E-state index in [2.05, 4.69) is 20.3 Å². The topological polar surface area (TPSA) is 53.9 Å². The lowest BCUT2D eigenvalue weighted by Gasteiger charge is -2.24. The van der Waals surface area contributed by atoms with Gasteiger partial charge >= 0.3 is 12.4 Å². The molecule has 192 valence electrons. The lowest BCUT2D eigenvalue weighted by Crippen LogP contribution is -2.29. The second-order valence-corrected chi connectivity index (χ2v) is 8.69. The minimum absolute atomic E-state index is 0.125. The van der Waals surface area contributed by atoms with Crippen LogP contribution in [0.4, 0.5) is 48.1 Å². The number of hydrogen-bond donors (Lipinski definition) is 1. The molecule has 3 heterocycles. The van der Waals surface area contributed by atoms with Gasteiger partial charge in [0.25, 0.3) is 0 Å². The largest absolute Gasteiger partial charge is 0.419 e. The number of alkyl halides is 6. The van der Waals surface area contributed by atoms with E-state index >= 15 is 0 Å². The molecule has 2 aromatic heterocycles. The fraction of sp³-hybridized carbons (Fsp3) is 0.375. The molecular formula is C24H22F7N5. The Labute approximate surface area is 202 Å². The number of pyridine rings is 1. The highest BCUT2D eigenvalue weighted by Gasteiger charge is 2.36. The molecule has 4 rings (SSSR count). The van der Waals surface area contributed by atoms with Gasteiger partial charge in [0.15, 0.2) is 0 Å². The fourth-order valence-electron chi connectivity index (χ4n) is 3.98. The van der Waals surface area contributed by atoms with Crippen LogP contribution in [0.1, 0.15) is 48.0 Å². The van der Waals surface area contributed by atoms with Crippen LogP contribution in [0.15, 0.2) is 36.5 Å². The van der Waals surface area contributed by atoms with Crippen LogP contribution >= 0.6 is 0 Å². The molecule has 0 fully saturated rings. The molecule has 0 amide bonds. The second kappa shape index (κ2) is 9.55. The minimum atomic E-state index is -4.69. The summed E-state index contributed by atoms with van der Waals surface area (Å²) in [5.74, 6) is -0.799. The van der Waals surface area contributed by atoms with E-state index in [9.17, 15) is 30.7 Å². The van der Waals surface area contributed by atoms with Crippen molar-refractivity contribution < 1.29 is 30.7 Å². The number of halogens is 7. The number of benzene rings is 1. The van der Waals surface area contributed by atoms with E-state index in [0.717, 1.165) is 18.2 Å². The van der Waals surface area contributed by atoms with Crippen molar-refractivity contribution in [1.82, 2.24) is 15.0 Å². The van der Waals surface area contributed by atoms with Crippen molar-refractivity contribution >= 4 is 17.3 Å². The maximum atomic E-state index is 14.5. The summed E-state index contributed by atoms with van der Waals surface area (Å²) in [5.41, 5.74) is -1.04. The summed E-state index contributed by atoms with van der Waals surface area (Å²) in [5, 5.41) is 2.78. The Morgan fingerprint density at radius 2 is 1.67 bits per heavy atom. The average molecular weight is 513 g/mol. The monoisotopic (exact) mass is 513 g/mol. The highest BCUT2D eigenvalue weighted by Crippen LogP contribution is 2.37. The fourth-order valence-corrected chi connectivity index (χ4v) is 3.98. The number of nitrogens with one attached hydrogen (secondary N) is 1. The van der Waals surface area contributed by atoms with Gasteiger partial charge in [-0.3, -0.25) is 0 Å². The smallest absolute Gasteiger partial charge is 0.355 e. The van der Waals surface area contributed by atoms with E-state index in [4.69, 9.17) is 0 Å². The molecule has 1 aliphatic rings. The number of hydrogen-bond acceptors (Lipinski definition) is 5. The number of rotatable bonds is 4. The van der Waals surface area contributed by atoms with E-state index in [1.807, 2.05) is 13.8 Å². The van der Waals surface area contributed by atoms with Crippen LogP contribution in [0.3, 0.4) is 0 Å². The lowest BCUT2D eigenvalue weighted by atomic mass is 10.1. The van der Waals surface area contributed by atoms with Gasteiger partial charge in [-0.25, -0.2) is 19.3 Å². The van der Waals surface area contributed by atoms with Crippen LogP contribution in [0, 0.1) is 5.82 Å². The molecule has 0 spiro atoms. The molecule has 0 unspecified atom stereocenters. The van der Waals surface area contributed by atoms with Crippen LogP contribution < -0.4 is 10.2 Å². The molecule has 0 radical (unpaired) electrons. The summed E-state index contributed by atoms with van der Waals surface area (Å²) in [6, 6.07) is 4.33. The van der Waals surface area contributed by atoms with E-state index < -0.39 is 29.3 Å². The van der Waals surface area contributed by atoms with Gasteiger partial charge in [-0.1, -0.05) is 13.8 Å². The summed E-state index contributed by atoms with van der Waals surface area (Å²) in [7, 11) is 0. The summed E-state index contributed by atoms with van der Waals surface area (Å²) in [4.78, 5) is 14.5. The molecule has 0 saturated heterocycles. The predicted molar refractivity (Wildman–Crippen MR) is 120 cm³/mol. The van der Waals surface area contributed by atoms with Crippen LogP contribution in [-0.2, 0) is 25.2 Å². The van der Waals surface area contributed by atoms with Crippen molar-refractivity contribution in [1.29, 1.82) is 0 Å². The molecule has 0 atom stereocenters. The lowest BCUT2D eigenvalue weighted by molar-refractivity contribution is -0.138. The first-order chi connectivity index (χ1) is 16.8. The third-order valence-corrected chi connectivity index (χ3v) is 5.82. The molecule has 0 bridgehead atoms. The second-order valence-electron chi connectivity index (χ2n) is 8.69. The Kier molecular flexibility index (Phi) is 6.80. The van der Waals surface area contributed by atoms with Crippen LogP contribution in [0.25, 0.3) is 0 Å². The first-order valence-corrected chi connectivity index (χ1v) is 11.1. The SMILES string of the molecule is CC(C)c1nc2c(c(Nc3ccc(C(F)(F)F)cc3F)n1)CCN(c1ncccc1C(F)(F)F)CC2. The highest BCUT2D eigenvalue weighted by atomic mass is 19.4. The van der Waals surface area contributed by atoms with Gasteiger partial charge in [0.1, 0.15) is 23.3 Å². The van der Waals surface area contributed by atoms with Crippen LogP contribution in [0.5, 0.6) is 0 Å².